The average Bonchev–Trinajstić information content (AvgIpc) is 2.75. The van der Waals surface area contributed by atoms with Crippen LogP contribution in [0.3, 0.4) is 0 Å². The molecule has 0 aliphatic carbocycles. The van der Waals surface area contributed by atoms with E-state index in [2.05, 4.69) is 6.92 Å². The first-order chi connectivity index (χ1) is 14.0. The van der Waals surface area contributed by atoms with E-state index < -0.39 is 0 Å². The van der Waals surface area contributed by atoms with Crippen LogP contribution < -0.4 is 10.3 Å². The summed E-state index contributed by atoms with van der Waals surface area (Å²) in [7, 11) is 0. The van der Waals surface area contributed by atoms with Gasteiger partial charge in [-0.1, -0.05) is 66.5 Å². The summed E-state index contributed by atoms with van der Waals surface area (Å²) >= 11 is 12.5. The minimum absolute atomic E-state index is 0.00432. The third kappa shape index (κ3) is 5.41. The Bertz CT molecular complexity index is 1030. The maximum absolute atomic E-state index is 12.7. The summed E-state index contributed by atoms with van der Waals surface area (Å²) in [5.74, 6) is 0.731. The summed E-state index contributed by atoms with van der Waals surface area (Å²) < 4.78 is 7.50. The molecule has 0 unspecified atom stereocenters. The molecule has 0 fully saturated rings. The molecule has 4 nitrogen and oxygen atoms in total. The third-order valence-corrected chi connectivity index (χ3v) is 5.41. The number of nitrogens with zero attached hydrogens (tertiary/aromatic N) is 1. The minimum atomic E-state index is -0.288. The van der Waals surface area contributed by atoms with Crippen molar-refractivity contribution in [1.29, 1.82) is 0 Å². The van der Waals surface area contributed by atoms with Crippen molar-refractivity contribution < 1.29 is 9.84 Å². The van der Waals surface area contributed by atoms with Gasteiger partial charge in [0.1, 0.15) is 17.4 Å². The minimum Gasteiger partial charge on any atom is -0.487 e. The molecule has 29 heavy (non-hydrogen) atoms. The summed E-state index contributed by atoms with van der Waals surface area (Å²) in [6.07, 6.45) is 1.54. The Morgan fingerprint density at radius 2 is 1.69 bits per heavy atom. The molecular formula is C23H23Cl2NO3. The van der Waals surface area contributed by atoms with Crippen LogP contribution in [0, 0.1) is 0 Å². The quantitative estimate of drug-likeness (QED) is 0.543. The molecule has 0 atom stereocenters. The first-order valence-electron chi connectivity index (χ1n) is 9.50. The maximum atomic E-state index is 12.7. The molecule has 1 N–H and O–H groups in total. The van der Waals surface area contributed by atoms with Crippen LogP contribution in [0.4, 0.5) is 0 Å². The molecule has 0 saturated heterocycles. The first-order valence-corrected chi connectivity index (χ1v) is 10.3. The molecule has 152 valence electrons. The van der Waals surface area contributed by atoms with Crippen molar-refractivity contribution in [2.24, 2.45) is 0 Å². The number of aliphatic hydroxyl groups excluding tert-OH is 1. The van der Waals surface area contributed by atoms with E-state index in [0.717, 1.165) is 23.3 Å². The highest BCUT2D eigenvalue weighted by Crippen LogP contribution is 2.22. The number of halogens is 2. The second-order valence-corrected chi connectivity index (χ2v) is 7.57. The van der Waals surface area contributed by atoms with Gasteiger partial charge in [0.05, 0.1) is 17.3 Å². The normalized spacial score (nSPS) is 10.9. The summed E-state index contributed by atoms with van der Waals surface area (Å²) in [5, 5.41) is 9.65. The zero-order chi connectivity index (χ0) is 20.8. The highest BCUT2D eigenvalue weighted by Gasteiger charge is 2.14. The summed E-state index contributed by atoms with van der Waals surface area (Å²) in [4.78, 5) is 12.7. The molecule has 3 aromatic rings. The molecule has 0 spiro atoms. The molecule has 2 aromatic carbocycles. The van der Waals surface area contributed by atoms with E-state index in [-0.39, 0.29) is 23.8 Å². The van der Waals surface area contributed by atoms with Crippen LogP contribution in [0.5, 0.6) is 5.75 Å². The predicted octanol–water partition coefficient (Wildman–Crippen LogP) is 5.03. The zero-order valence-electron chi connectivity index (χ0n) is 16.2. The average molecular weight is 432 g/mol. The Hall–Kier alpha value is -2.27. The molecule has 0 saturated carbocycles. The number of hydrogen-bond acceptors (Lipinski definition) is 3. The largest absolute Gasteiger partial charge is 0.487 e. The van der Waals surface area contributed by atoms with Gasteiger partial charge in [0.15, 0.2) is 0 Å². The van der Waals surface area contributed by atoms with E-state index >= 15 is 0 Å². The Balaban J connectivity index is 1.82. The number of rotatable bonds is 8. The van der Waals surface area contributed by atoms with Crippen molar-refractivity contribution in [2.75, 3.05) is 0 Å². The van der Waals surface area contributed by atoms with Crippen LogP contribution in [-0.4, -0.2) is 9.67 Å². The van der Waals surface area contributed by atoms with Gasteiger partial charge in [0.25, 0.3) is 5.56 Å². The number of ether oxygens (including phenoxy) is 1. The number of aromatic nitrogens is 1. The van der Waals surface area contributed by atoms with Crippen molar-refractivity contribution >= 4 is 23.2 Å². The fourth-order valence-electron chi connectivity index (χ4n) is 3.08. The molecule has 3 rings (SSSR count). The fraction of sp³-hybridized carbons (Fsp3) is 0.261. The van der Waals surface area contributed by atoms with E-state index in [1.807, 2.05) is 48.5 Å². The topological polar surface area (TPSA) is 51.5 Å². The number of aliphatic hydroxyl groups is 1. The van der Waals surface area contributed by atoms with Crippen LogP contribution in [0.1, 0.15) is 29.3 Å². The second kappa shape index (κ2) is 9.97. The van der Waals surface area contributed by atoms with Gasteiger partial charge in [0.2, 0.25) is 0 Å². The molecule has 1 aromatic heterocycles. The van der Waals surface area contributed by atoms with Crippen LogP contribution in [-0.2, 0) is 32.6 Å². The van der Waals surface area contributed by atoms with Gasteiger partial charge in [0, 0.05) is 6.54 Å². The van der Waals surface area contributed by atoms with Crippen molar-refractivity contribution in [1.82, 2.24) is 4.57 Å². The summed E-state index contributed by atoms with van der Waals surface area (Å²) in [6.45, 7) is 2.68. The number of pyridine rings is 1. The SMILES string of the molecule is CCc1cccc(OCc2c(Cl)cc(Cl)c(=O)n2CCc2ccc(CO)cc2)c1. The van der Waals surface area contributed by atoms with Gasteiger partial charge >= 0.3 is 0 Å². The van der Waals surface area contributed by atoms with Crippen molar-refractivity contribution in [3.8, 4) is 5.75 Å². The second-order valence-electron chi connectivity index (χ2n) is 6.76. The lowest BCUT2D eigenvalue weighted by Crippen LogP contribution is -2.26. The van der Waals surface area contributed by atoms with Gasteiger partial charge in [-0.2, -0.15) is 0 Å². The Kier molecular flexibility index (Phi) is 7.37. The van der Waals surface area contributed by atoms with Crippen molar-refractivity contribution in [3.63, 3.8) is 0 Å². The van der Waals surface area contributed by atoms with E-state index in [1.54, 1.807) is 4.57 Å². The van der Waals surface area contributed by atoms with E-state index in [4.69, 9.17) is 33.0 Å². The smallest absolute Gasteiger partial charge is 0.269 e. The maximum Gasteiger partial charge on any atom is 0.269 e. The lowest BCUT2D eigenvalue weighted by Gasteiger charge is -2.16. The van der Waals surface area contributed by atoms with Crippen LogP contribution in [0.2, 0.25) is 10.0 Å². The highest BCUT2D eigenvalue weighted by atomic mass is 35.5. The number of aryl methyl sites for hydroxylation is 2. The first kappa shape index (κ1) is 21.4. The Morgan fingerprint density at radius 1 is 0.966 bits per heavy atom. The van der Waals surface area contributed by atoms with Gasteiger partial charge < -0.3 is 14.4 Å². The van der Waals surface area contributed by atoms with Gasteiger partial charge in [-0.05, 0) is 47.7 Å². The van der Waals surface area contributed by atoms with Gasteiger partial charge in [-0.3, -0.25) is 4.79 Å². The number of benzene rings is 2. The van der Waals surface area contributed by atoms with E-state index in [0.29, 0.717) is 23.7 Å². The highest BCUT2D eigenvalue weighted by molar-refractivity contribution is 6.34. The van der Waals surface area contributed by atoms with Crippen LogP contribution in [0.15, 0.2) is 59.4 Å². The summed E-state index contributed by atoms with van der Waals surface area (Å²) in [6, 6.07) is 16.9. The Morgan fingerprint density at radius 3 is 2.38 bits per heavy atom. The molecular weight excluding hydrogens is 409 g/mol. The van der Waals surface area contributed by atoms with Gasteiger partial charge in [-0.15, -0.1) is 0 Å². The van der Waals surface area contributed by atoms with Gasteiger partial charge in [-0.25, -0.2) is 0 Å². The molecule has 0 radical (unpaired) electrons. The molecule has 1 heterocycles. The lowest BCUT2D eigenvalue weighted by atomic mass is 10.1. The predicted molar refractivity (Wildman–Crippen MR) is 117 cm³/mol. The zero-order valence-corrected chi connectivity index (χ0v) is 17.7. The van der Waals surface area contributed by atoms with Crippen molar-refractivity contribution in [2.45, 2.75) is 39.5 Å². The van der Waals surface area contributed by atoms with E-state index in [9.17, 15) is 4.79 Å². The Labute approximate surface area is 180 Å². The van der Waals surface area contributed by atoms with E-state index in [1.165, 1.54) is 11.6 Å². The molecule has 0 amide bonds. The molecule has 6 heteroatoms. The number of hydrogen-bond donors (Lipinski definition) is 1. The van der Waals surface area contributed by atoms with Crippen LogP contribution in [0.25, 0.3) is 0 Å². The standard InChI is InChI=1S/C23H23Cl2NO3/c1-2-16-4-3-5-19(12-16)29-15-22-20(24)13-21(25)23(28)26(22)11-10-17-6-8-18(14-27)9-7-17/h3-9,12-13,27H,2,10-11,14-15H2,1H3. The fourth-order valence-corrected chi connectivity index (χ4v) is 3.61. The lowest BCUT2D eigenvalue weighted by molar-refractivity contribution is 0.282. The van der Waals surface area contributed by atoms with Crippen molar-refractivity contribution in [3.05, 3.63) is 97.4 Å². The monoisotopic (exact) mass is 431 g/mol. The molecule has 0 bridgehead atoms. The van der Waals surface area contributed by atoms with Crippen LogP contribution >= 0.6 is 23.2 Å². The third-order valence-electron chi connectivity index (χ3n) is 4.82. The molecule has 0 aliphatic rings. The molecule has 0 aliphatic heterocycles. The summed E-state index contributed by atoms with van der Waals surface area (Å²) in [5.41, 5.74) is 3.38.